The van der Waals surface area contributed by atoms with E-state index in [0.29, 0.717) is 15.5 Å². The Morgan fingerprint density at radius 3 is 2.75 bits per heavy atom. The maximum Gasteiger partial charge on any atom is 0.261 e. The number of hydrogen-bond acceptors (Lipinski definition) is 3. The van der Waals surface area contributed by atoms with Crippen LogP contribution in [0.2, 0.25) is 5.02 Å². The van der Waals surface area contributed by atoms with Gasteiger partial charge in [-0.2, -0.15) is 0 Å². The van der Waals surface area contributed by atoms with Gasteiger partial charge in [0.05, 0.1) is 14.8 Å². The van der Waals surface area contributed by atoms with Gasteiger partial charge in [0, 0.05) is 16.0 Å². The lowest BCUT2D eigenvalue weighted by Gasteiger charge is -2.12. The second kappa shape index (κ2) is 7.04. The van der Waals surface area contributed by atoms with Gasteiger partial charge in [0.15, 0.2) is 0 Å². The zero-order valence-electron chi connectivity index (χ0n) is 10.1. The van der Waals surface area contributed by atoms with Gasteiger partial charge in [-0.05, 0) is 55.6 Å². The first-order valence-electron chi connectivity index (χ1n) is 5.64. The van der Waals surface area contributed by atoms with Crippen LogP contribution in [0.3, 0.4) is 0 Å². The molecule has 2 aromatic rings. The van der Waals surface area contributed by atoms with Crippen molar-refractivity contribution in [1.82, 2.24) is 5.32 Å². The van der Waals surface area contributed by atoms with Crippen LogP contribution in [0.1, 0.15) is 21.3 Å². The van der Waals surface area contributed by atoms with Gasteiger partial charge in [0.25, 0.3) is 5.91 Å². The average molecular weight is 440 g/mol. The van der Waals surface area contributed by atoms with E-state index in [1.807, 2.05) is 0 Å². The second-order valence-corrected chi connectivity index (χ2v) is 7.67. The van der Waals surface area contributed by atoms with Crippen molar-refractivity contribution >= 4 is 60.7 Å². The number of amides is 1. The molecule has 1 aromatic carbocycles. The summed E-state index contributed by atoms with van der Waals surface area (Å²) in [4.78, 5) is 12.5. The first kappa shape index (κ1) is 16.0. The molecule has 0 saturated carbocycles. The number of nitrogens with one attached hydrogen (secondary N) is 1. The summed E-state index contributed by atoms with van der Waals surface area (Å²) >= 11 is 13.9. The lowest BCUT2D eigenvalue weighted by atomic mass is 10.1. The zero-order valence-corrected chi connectivity index (χ0v) is 14.8. The Kier molecular flexibility index (Phi) is 5.63. The number of thiophene rings is 1. The van der Waals surface area contributed by atoms with Crippen LogP contribution in [0.5, 0.6) is 0 Å². The van der Waals surface area contributed by atoms with E-state index in [-0.39, 0.29) is 12.5 Å². The maximum atomic E-state index is 11.9. The van der Waals surface area contributed by atoms with Crippen molar-refractivity contribution in [3.63, 3.8) is 0 Å². The van der Waals surface area contributed by atoms with Crippen LogP contribution in [0.15, 0.2) is 38.6 Å². The second-order valence-electron chi connectivity index (χ2n) is 4.01. The summed E-state index contributed by atoms with van der Waals surface area (Å²) in [5.41, 5.74) is 0.673. The fourth-order valence-corrected chi connectivity index (χ4v) is 3.72. The molecule has 0 fully saturated rings. The van der Waals surface area contributed by atoms with Gasteiger partial charge in [0.1, 0.15) is 0 Å². The SMILES string of the molecule is O=C(NC[C@@H](O)c1cccc(Cl)c1)c1cc(Br)c(Br)s1. The van der Waals surface area contributed by atoms with Gasteiger partial charge in [-0.25, -0.2) is 0 Å². The molecule has 3 nitrogen and oxygen atoms in total. The van der Waals surface area contributed by atoms with Crippen LogP contribution in [-0.4, -0.2) is 17.6 Å². The summed E-state index contributed by atoms with van der Waals surface area (Å²) < 4.78 is 1.70. The number of aliphatic hydroxyl groups excluding tert-OH is 1. The summed E-state index contributed by atoms with van der Waals surface area (Å²) in [6.45, 7) is 0.131. The standard InChI is InChI=1S/C13H10Br2ClNO2S/c14-9-5-11(20-12(9)15)13(19)17-6-10(18)7-2-1-3-8(16)4-7/h1-5,10,18H,6H2,(H,17,19)/t10-/m1/s1. The average Bonchev–Trinajstić information content (AvgIpc) is 2.76. The van der Waals surface area contributed by atoms with Crippen LogP contribution < -0.4 is 5.32 Å². The Morgan fingerprint density at radius 1 is 1.40 bits per heavy atom. The van der Waals surface area contributed by atoms with E-state index in [2.05, 4.69) is 37.2 Å². The molecule has 0 radical (unpaired) electrons. The lowest BCUT2D eigenvalue weighted by molar-refractivity contribution is 0.0920. The van der Waals surface area contributed by atoms with E-state index in [1.165, 1.54) is 11.3 Å². The van der Waals surface area contributed by atoms with Crippen molar-refractivity contribution in [2.24, 2.45) is 0 Å². The quantitative estimate of drug-likeness (QED) is 0.742. The Morgan fingerprint density at radius 2 is 2.15 bits per heavy atom. The first-order valence-corrected chi connectivity index (χ1v) is 8.42. The summed E-state index contributed by atoms with van der Waals surface area (Å²) in [5, 5.41) is 13.3. The minimum Gasteiger partial charge on any atom is -0.387 e. The van der Waals surface area contributed by atoms with Crippen LogP contribution in [0.4, 0.5) is 0 Å². The van der Waals surface area contributed by atoms with E-state index in [0.717, 1.165) is 8.26 Å². The highest BCUT2D eigenvalue weighted by Gasteiger charge is 2.14. The molecule has 1 atom stereocenters. The van der Waals surface area contributed by atoms with Crippen molar-refractivity contribution in [3.05, 3.63) is 54.1 Å². The molecule has 2 rings (SSSR count). The van der Waals surface area contributed by atoms with Crippen LogP contribution in [0, 0.1) is 0 Å². The van der Waals surface area contributed by atoms with Gasteiger partial charge < -0.3 is 10.4 Å². The lowest BCUT2D eigenvalue weighted by Crippen LogP contribution is -2.27. The summed E-state index contributed by atoms with van der Waals surface area (Å²) in [5.74, 6) is -0.220. The Labute approximate surface area is 142 Å². The molecule has 2 N–H and O–H groups in total. The van der Waals surface area contributed by atoms with E-state index in [4.69, 9.17) is 11.6 Å². The predicted octanol–water partition coefficient (Wildman–Crippen LogP) is 4.39. The van der Waals surface area contributed by atoms with Crippen molar-refractivity contribution in [1.29, 1.82) is 0 Å². The van der Waals surface area contributed by atoms with E-state index in [9.17, 15) is 9.90 Å². The van der Waals surface area contributed by atoms with Crippen molar-refractivity contribution in [2.75, 3.05) is 6.54 Å². The Hall–Kier alpha value is -0.400. The van der Waals surface area contributed by atoms with Gasteiger partial charge in [-0.3, -0.25) is 4.79 Å². The van der Waals surface area contributed by atoms with E-state index < -0.39 is 6.10 Å². The molecule has 106 valence electrons. The number of carbonyl (C=O) groups excluding carboxylic acids is 1. The number of hydrogen-bond donors (Lipinski definition) is 2. The fraction of sp³-hybridized carbons (Fsp3) is 0.154. The van der Waals surface area contributed by atoms with Gasteiger partial charge in [0.2, 0.25) is 0 Å². The van der Waals surface area contributed by atoms with Gasteiger partial charge in [-0.1, -0.05) is 23.7 Å². The third-order valence-corrected chi connectivity index (χ3v) is 6.05. The summed E-state index contributed by atoms with van der Waals surface area (Å²) in [6, 6.07) is 8.67. The fourth-order valence-electron chi connectivity index (χ4n) is 1.57. The number of halogens is 3. The third-order valence-electron chi connectivity index (χ3n) is 2.56. The topological polar surface area (TPSA) is 49.3 Å². The van der Waals surface area contributed by atoms with Crippen molar-refractivity contribution in [2.45, 2.75) is 6.10 Å². The van der Waals surface area contributed by atoms with Gasteiger partial charge >= 0.3 is 0 Å². The van der Waals surface area contributed by atoms with E-state index in [1.54, 1.807) is 30.3 Å². The van der Waals surface area contributed by atoms with Crippen LogP contribution >= 0.6 is 54.8 Å². The molecule has 7 heteroatoms. The first-order chi connectivity index (χ1) is 9.47. The van der Waals surface area contributed by atoms with Crippen LogP contribution in [-0.2, 0) is 0 Å². The highest BCUT2D eigenvalue weighted by molar-refractivity contribution is 9.13. The number of carbonyl (C=O) groups is 1. The molecule has 1 heterocycles. The molecule has 0 aliphatic carbocycles. The molecule has 1 amide bonds. The minimum atomic E-state index is -0.788. The third kappa shape index (κ3) is 4.05. The molecule has 0 spiro atoms. The smallest absolute Gasteiger partial charge is 0.261 e. The van der Waals surface area contributed by atoms with E-state index >= 15 is 0 Å². The van der Waals surface area contributed by atoms with Crippen LogP contribution in [0.25, 0.3) is 0 Å². The largest absolute Gasteiger partial charge is 0.387 e. The number of benzene rings is 1. The highest BCUT2D eigenvalue weighted by atomic mass is 79.9. The molecular formula is C13H10Br2ClNO2S. The predicted molar refractivity (Wildman–Crippen MR) is 88.5 cm³/mol. The molecule has 0 bridgehead atoms. The van der Waals surface area contributed by atoms with Crippen molar-refractivity contribution in [3.8, 4) is 0 Å². The molecule has 0 unspecified atom stereocenters. The normalized spacial score (nSPS) is 12.2. The molecule has 20 heavy (non-hydrogen) atoms. The minimum absolute atomic E-state index is 0.131. The zero-order chi connectivity index (χ0) is 14.7. The molecule has 0 aliphatic rings. The highest BCUT2D eigenvalue weighted by Crippen LogP contribution is 2.32. The number of rotatable bonds is 4. The number of aliphatic hydroxyl groups is 1. The summed E-state index contributed by atoms with van der Waals surface area (Å²) in [6.07, 6.45) is -0.788. The van der Waals surface area contributed by atoms with Gasteiger partial charge in [-0.15, -0.1) is 11.3 Å². The molecule has 0 saturated heterocycles. The molecule has 1 aromatic heterocycles. The molecular weight excluding hydrogens is 429 g/mol. The molecule has 0 aliphatic heterocycles. The summed E-state index contributed by atoms with van der Waals surface area (Å²) in [7, 11) is 0. The Bertz CT molecular complexity index is 613. The van der Waals surface area contributed by atoms with Crippen molar-refractivity contribution < 1.29 is 9.90 Å². The maximum absolute atomic E-state index is 11.9. The monoisotopic (exact) mass is 437 g/mol. The Balaban J connectivity index is 1.96.